The molecule has 3 aromatic rings. The summed E-state index contributed by atoms with van der Waals surface area (Å²) in [6.07, 6.45) is 3.63. The zero-order chi connectivity index (χ0) is 14.8. The normalized spacial score (nSPS) is 12.5. The van der Waals surface area contributed by atoms with Gasteiger partial charge in [-0.05, 0) is 31.5 Å². The van der Waals surface area contributed by atoms with Gasteiger partial charge in [0, 0.05) is 12.2 Å². The van der Waals surface area contributed by atoms with Gasteiger partial charge in [0.1, 0.15) is 11.3 Å². The van der Waals surface area contributed by atoms with Crippen molar-refractivity contribution in [2.24, 2.45) is 0 Å². The van der Waals surface area contributed by atoms with Crippen LogP contribution in [0.25, 0.3) is 11.2 Å². The quantitative estimate of drug-likeness (QED) is 0.719. The molecule has 2 heterocycles. The molecule has 0 saturated heterocycles. The predicted octanol–water partition coefficient (Wildman–Crippen LogP) is 2.60. The lowest BCUT2D eigenvalue weighted by molar-refractivity contribution is 0.665. The second-order valence-corrected chi connectivity index (χ2v) is 4.99. The molecular formula is C15H18N6. The molecule has 3 N–H and O–H groups in total. The third-order valence-electron chi connectivity index (χ3n) is 3.37. The number of aryl methyl sites for hydroxylation is 1. The van der Waals surface area contributed by atoms with Gasteiger partial charge in [-0.1, -0.05) is 12.1 Å². The van der Waals surface area contributed by atoms with E-state index in [2.05, 4.69) is 27.3 Å². The van der Waals surface area contributed by atoms with Gasteiger partial charge in [0.25, 0.3) is 0 Å². The van der Waals surface area contributed by atoms with E-state index in [1.807, 2.05) is 42.1 Å². The highest BCUT2D eigenvalue weighted by Gasteiger charge is 2.09. The lowest BCUT2D eigenvalue weighted by atomic mass is 10.1. The molecule has 0 saturated carbocycles. The van der Waals surface area contributed by atoms with Gasteiger partial charge in [-0.25, -0.2) is 9.97 Å². The molecule has 0 bridgehead atoms. The van der Waals surface area contributed by atoms with Crippen LogP contribution in [0.5, 0.6) is 0 Å². The molecule has 108 valence electrons. The van der Waals surface area contributed by atoms with Gasteiger partial charge in [0.05, 0.1) is 18.4 Å². The van der Waals surface area contributed by atoms with Gasteiger partial charge in [0.2, 0.25) is 5.65 Å². The van der Waals surface area contributed by atoms with Crippen molar-refractivity contribution < 1.29 is 0 Å². The third-order valence-corrected chi connectivity index (χ3v) is 3.37. The molecular weight excluding hydrogens is 264 g/mol. The van der Waals surface area contributed by atoms with E-state index in [0.29, 0.717) is 11.5 Å². The minimum Gasteiger partial charge on any atom is -0.399 e. The topological polar surface area (TPSA) is 81.7 Å². The Bertz CT molecular complexity index is 764. The van der Waals surface area contributed by atoms with E-state index in [9.17, 15) is 0 Å². The number of nitrogen functional groups attached to an aromatic ring is 1. The molecule has 1 atom stereocenters. The van der Waals surface area contributed by atoms with Crippen LogP contribution in [0.4, 0.5) is 11.5 Å². The van der Waals surface area contributed by atoms with Gasteiger partial charge in [-0.15, -0.1) is 0 Å². The highest BCUT2D eigenvalue weighted by Crippen LogP contribution is 2.20. The number of anilines is 2. The molecule has 0 amide bonds. The van der Waals surface area contributed by atoms with E-state index < -0.39 is 0 Å². The third kappa shape index (κ3) is 2.79. The van der Waals surface area contributed by atoms with Crippen molar-refractivity contribution in [1.29, 1.82) is 0 Å². The SMILES string of the molecule is CCn1cc2ncc(N[C@@H](C)c3cccc(N)c3)nc2n1. The summed E-state index contributed by atoms with van der Waals surface area (Å²) in [4.78, 5) is 8.88. The molecule has 0 spiro atoms. The van der Waals surface area contributed by atoms with Crippen molar-refractivity contribution in [2.75, 3.05) is 11.1 Å². The first-order chi connectivity index (χ1) is 10.2. The summed E-state index contributed by atoms with van der Waals surface area (Å²) < 4.78 is 1.83. The highest BCUT2D eigenvalue weighted by molar-refractivity contribution is 5.70. The van der Waals surface area contributed by atoms with E-state index in [1.165, 1.54) is 0 Å². The first-order valence-corrected chi connectivity index (χ1v) is 6.98. The molecule has 0 aliphatic rings. The minimum atomic E-state index is 0.0912. The molecule has 6 nitrogen and oxygen atoms in total. The molecule has 0 aliphatic carbocycles. The Labute approximate surface area is 123 Å². The molecule has 6 heteroatoms. The Morgan fingerprint density at radius 2 is 2.24 bits per heavy atom. The van der Waals surface area contributed by atoms with E-state index >= 15 is 0 Å². The van der Waals surface area contributed by atoms with Crippen LogP contribution in [0.3, 0.4) is 0 Å². The monoisotopic (exact) mass is 282 g/mol. The molecule has 21 heavy (non-hydrogen) atoms. The van der Waals surface area contributed by atoms with E-state index in [-0.39, 0.29) is 6.04 Å². The Hall–Kier alpha value is -2.63. The molecule has 3 rings (SSSR count). The average Bonchev–Trinajstić information content (AvgIpc) is 2.89. The number of benzene rings is 1. The van der Waals surface area contributed by atoms with Crippen LogP contribution in [-0.2, 0) is 6.54 Å². The van der Waals surface area contributed by atoms with Crippen LogP contribution >= 0.6 is 0 Å². The van der Waals surface area contributed by atoms with Crippen LogP contribution in [-0.4, -0.2) is 19.7 Å². The van der Waals surface area contributed by atoms with Crippen LogP contribution in [0, 0.1) is 0 Å². The van der Waals surface area contributed by atoms with Gasteiger partial charge in [-0.3, -0.25) is 4.68 Å². The van der Waals surface area contributed by atoms with Crippen LogP contribution < -0.4 is 11.1 Å². The lowest BCUT2D eigenvalue weighted by Gasteiger charge is -2.14. The predicted molar refractivity (Wildman–Crippen MR) is 83.9 cm³/mol. The van der Waals surface area contributed by atoms with Crippen molar-refractivity contribution >= 4 is 22.7 Å². The van der Waals surface area contributed by atoms with E-state index in [1.54, 1.807) is 6.20 Å². The van der Waals surface area contributed by atoms with Crippen LogP contribution in [0.15, 0.2) is 36.7 Å². The van der Waals surface area contributed by atoms with Crippen molar-refractivity contribution in [3.8, 4) is 0 Å². The van der Waals surface area contributed by atoms with Crippen molar-refractivity contribution in [3.05, 3.63) is 42.2 Å². The van der Waals surface area contributed by atoms with Crippen molar-refractivity contribution in [2.45, 2.75) is 26.4 Å². The number of nitrogens with zero attached hydrogens (tertiary/aromatic N) is 4. The summed E-state index contributed by atoms with van der Waals surface area (Å²) in [6, 6.07) is 7.90. The molecule has 0 unspecified atom stereocenters. The number of aromatic nitrogens is 4. The molecule has 0 radical (unpaired) electrons. The lowest BCUT2D eigenvalue weighted by Crippen LogP contribution is -2.08. The zero-order valence-corrected chi connectivity index (χ0v) is 12.1. The second kappa shape index (κ2) is 5.40. The Morgan fingerprint density at radius 3 is 3.00 bits per heavy atom. The Morgan fingerprint density at radius 1 is 1.38 bits per heavy atom. The maximum absolute atomic E-state index is 5.81. The summed E-state index contributed by atoms with van der Waals surface area (Å²) >= 11 is 0. The molecule has 0 fully saturated rings. The minimum absolute atomic E-state index is 0.0912. The molecule has 0 aliphatic heterocycles. The van der Waals surface area contributed by atoms with Gasteiger partial charge in [-0.2, -0.15) is 5.10 Å². The molecule has 1 aromatic carbocycles. The molecule has 2 aromatic heterocycles. The fourth-order valence-corrected chi connectivity index (χ4v) is 2.21. The highest BCUT2D eigenvalue weighted by atomic mass is 15.3. The smallest absolute Gasteiger partial charge is 0.201 e. The Kier molecular flexibility index (Phi) is 3.43. The van der Waals surface area contributed by atoms with Crippen molar-refractivity contribution in [1.82, 2.24) is 19.7 Å². The van der Waals surface area contributed by atoms with Crippen molar-refractivity contribution in [3.63, 3.8) is 0 Å². The first-order valence-electron chi connectivity index (χ1n) is 6.98. The van der Waals surface area contributed by atoms with E-state index in [0.717, 1.165) is 23.3 Å². The first kappa shape index (κ1) is 13.4. The number of hydrogen-bond donors (Lipinski definition) is 2. The number of fused-ring (bicyclic) bond motifs is 1. The average molecular weight is 282 g/mol. The summed E-state index contributed by atoms with van der Waals surface area (Å²) in [5.74, 6) is 0.707. The summed E-state index contributed by atoms with van der Waals surface area (Å²) in [5.41, 5.74) is 9.13. The fraction of sp³-hybridized carbons (Fsp3) is 0.267. The number of hydrogen-bond acceptors (Lipinski definition) is 5. The fourth-order valence-electron chi connectivity index (χ4n) is 2.21. The largest absolute Gasteiger partial charge is 0.399 e. The standard InChI is InChI=1S/C15H18N6/c1-3-21-9-13-15(20-21)19-14(8-17-13)18-10(2)11-5-4-6-12(16)7-11/h4-10H,3,16H2,1-2H3,(H,18,19,20)/t10-/m0/s1. The van der Waals surface area contributed by atoms with Crippen LogP contribution in [0.2, 0.25) is 0 Å². The van der Waals surface area contributed by atoms with Crippen LogP contribution in [0.1, 0.15) is 25.5 Å². The number of nitrogens with one attached hydrogen (secondary N) is 1. The van der Waals surface area contributed by atoms with Gasteiger partial charge < -0.3 is 11.1 Å². The summed E-state index contributed by atoms with van der Waals surface area (Å²) in [7, 11) is 0. The maximum atomic E-state index is 5.81. The van der Waals surface area contributed by atoms with E-state index in [4.69, 9.17) is 5.73 Å². The zero-order valence-electron chi connectivity index (χ0n) is 12.1. The van der Waals surface area contributed by atoms with Gasteiger partial charge in [0.15, 0.2) is 0 Å². The second-order valence-electron chi connectivity index (χ2n) is 4.99. The summed E-state index contributed by atoms with van der Waals surface area (Å²) in [6.45, 7) is 4.90. The maximum Gasteiger partial charge on any atom is 0.201 e. The Balaban J connectivity index is 1.83. The van der Waals surface area contributed by atoms with Gasteiger partial charge >= 0.3 is 0 Å². The summed E-state index contributed by atoms with van der Waals surface area (Å²) in [5, 5.41) is 7.70. The number of nitrogens with two attached hydrogens (primary N) is 1. The number of rotatable bonds is 4.